The van der Waals surface area contributed by atoms with Crippen molar-refractivity contribution in [2.75, 3.05) is 13.1 Å². The third kappa shape index (κ3) is 12.7. The lowest BCUT2D eigenvalue weighted by Crippen LogP contribution is -2.49. The third-order valence-electron chi connectivity index (χ3n) is 7.16. The Morgan fingerprint density at radius 1 is 0.468 bits per heavy atom. The van der Waals surface area contributed by atoms with E-state index < -0.39 is 24.3 Å². The number of carbonyl (C=O) groups excluding carboxylic acids is 4. The maximum Gasteiger partial charge on any atom is 0.408 e. The zero-order valence-electron chi connectivity index (χ0n) is 26.1. The van der Waals surface area contributed by atoms with Gasteiger partial charge in [-0.25, -0.2) is 9.59 Å². The molecular weight excluding hydrogens is 596 g/mol. The molecule has 4 N–H and O–H groups in total. The van der Waals surface area contributed by atoms with Gasteiger partial charge in [0.05, 0.1) is 0 Å². The summed E-state index contributed by atoms with van der Waals surface area (Å²) in [6, 6.07) is 35.5. The zero-order chi connectivity index (χ0) is 33.1. The van der Waals surface area contributed by atoms with Crippen LogP contribution < -0.4 is 21.3 Å². The third-order valence-corrected chi connectivity index (χ3v) is 7.16. The molecule has 4 aromatic carbocycles. The van der Waals surface area contributed by atoms with Crippen molar-refractivity contribution in [3.8, 4) is 0 Å². The van der Waals surface area contributed by atoms with E-state index in [2.05, 4.69) is 21.3 Å². The maximum atomic E-state index is 13.1. The minimum Gasteiger partial charge on any atom is -0.445 e. The van der Waals surface area contributed by atoms with Crippen LogP contribution in [0.3, 0.4) is 0 Å². The summed E-state index contributed by atoms with van der Waals surface area (Å²) in [7, 11) is 0. The highest BCUT2D eigenvalue weighted by Gasteiger charge is 2.23. The summed E-state index contributed by atoms with van der Waals surface area (Å²) in [5.74, 6) is -0.747. The minimum absolute atomic E-state index is 0.0803. The van der Waals surface area contributed by atoms with Crippen molar-refractivity contribution < 1.29 is 28.7 Å². The summed E-state index contributed by atoms with van der Waals surface area (Å²) in [5.41, 5.74) is 3.42. The van der Waals surface area contributed by atoms with Gasteiger partial charge in [0, 0.05) is 25.9 Å². The molecule has 0 aliphatic carbocycles. The van der Waals surface area contributed by atoms with Crippen LogP contribution in [0.1, 0.15) is 28.7 Å². The Hall–Kier alpha value is -5.64. The molecule has 0 spiro atoms. The Labute approximate surface area is 274 Å². The van der Waals surface area contributed by atoms with E-state index in [0.717, 1.165) is 22.3 Å². The molecule has 0 saturated carbocycles. The van der Waals surface area contributed by atoms with Crippen LogP contribution in [-0.4, -0.2) is 49.2 Å². The molecule has 47 heavy (non-hydrogen) atoms. The Bertz CT molecular complexity index is 1420. The first-order chi connectivity index (χ1) is 23.0. The van der Waals surface area contributed by atoms with Crippen molar-refractivity contribution in [1.82, 2.24) is 21.3 Å². The quantitative estimate of drug-likeness (QED) is 0.132. The van der Waals surface area contributed by atoms with Crippen LogP contribution >= 0.6 is 0 Å². The molecule has 0 radical (unpaired) electrons. The van der Waals surface area contributed by atoms with Crippen LogP contribution in [0, 0.1) is 0 Å². The Kier molecular flexibility index (Phi) is 13.8. The topological polar surface area (TPSA) is 135 Å². The van der Waals surface area contributed by atoms with Crippen LogP contribution in [-0.2, 0) is 45.1 Å². The van der Waals surface area contributed by atoms with Gasteiger partial charge in [0.1, 0.15) is 25.3 Å². The fraction of sp³-hybridized carbons (Fsp3) is 0.243. The number of alkyl carbamates (subject to hydrolysis) is 2. The molecule has 244 valence electrons. The number of hydrogen-bond donors (Lipinski definition) is 4. The molecule has 0 saturated heterocycles. The van der Waals surface area contributed by atoms with E-state index in [9.17, 15) is 19.2 Å². The molecule has 0 aliphatic rings. The van der Waals surface area contributed by atoms with Crippen molar-refractivity contribution in [1.29, 1.82) is 0 Å². The number of ether oxygens (including phenoxy) is 2. The van der Waals surface area contributed by atoms with Gasteiger partial charge in [-0.3, -0.25) is 9.59 Å². The van der Waals surface area contributed by atoms with Crippen LogP contribution in [0.15, 0.2) is 121 Å². The lowest BCUT2D eigenvalue weighted by atomic mass is 10.1. The number of amides is 4. The molecule has 4 aromatic rings. The zero-order valence-corrected chi connectivity index (χ0v) is 26.1. The van der Waals surface area contributed by atoms with Gasteiger partial charge in [-0.1, -0.05) is 121 Å². The van der Waals surface area contributed by atoms with Crippen LogP contribution in [0.25, 0.3) is 0 Å². The second-order valence-electron chi connectivity index (χ2n) is 10.8. The molecule has 0 aromatic heterocycles. The van der Waals surface area contributed by atoms with Gasteiger partial charge in [0.2, 0.25) is 11.8 Å². The van der Waals surface area contributed by atoms with Crippen LogP contribution in [0.4, 0.5) is 9.59 Å². The monoisotopic (exact) mass is 636 g/mol. The van der Waals surface area contributed by atoms with E-state index in [-0.39, 0.29) is 51.0 Å². The molecule has 10 heteroatoms. The minimum atomic E-state index is -0.864. The normalized spacial score (nSPS) is 11.7. The van der Waals surface area contributed by atoms with E-state index in [1.807, 2.05) is 121 Å². The SMILES string of the molecule is O=C(N[C@@H](Cc1ccccc1)C(=O)NCCCNC(=O)[C@H](Cc1ccccc1)NC(=O)OCc1ccccc1)OCc1ccccc1. The predicted molar refractivity (Wildman–Crippen MR) is 178 cm³/mol. The molecule has 10 nitrogen and oxygen atoms in total. The maximum absolute atomic E-state index is 13.1. The van der Waals surface area contributed by atoms with Crippen molar-refractivity contribution in [2.24, 2.45) is 0 Å². The first-order valence-electron chi connectivity index (χ1n) is 15.5. The van der Waals surface area contributed by atoms with Crippen molar-refractivity contribution in [3.05, 3.63) is 144 Å². The van der Waals surface area contributed by atoms with Gasteiger partial charge >= 0.3 is 12.2 Å². The lowest BCUT2D eigenvalue weighted by Gasteiger charge is -2.20. The average molecular weight is 637 g/mol. The van der Waals surface area contributed by atoms with Gasteiger partial charge < -0.3 is 30.7 Å². The van der Waals surface area contributed by atoms with Crippen LogP contribution in [0.5, 0.6) is 0 Å². The smallest absolute Gasteiger partial charge is 0.408 e. The molecule has 4 amide bonds. The Morgan fingerprint density at radius 2 is 0.787 bits per heavy atom. The van der Waals surface area contributed by atoms with E-state index in [1.54, 1.807) is 0 Å². The van der Waals surface area contributed by atoms with Crippen molar-refractivity contribution in [2.45, 2.75) is 44.6 Å². The summed E-state index contributed by atoms with van der Waals surface area (Å²) >= 11 is 0. The highest BCUT2D eigenvalue weighted by molar-refractivity contribution is 5.86. The molecule has 2 atom stereocenters. The number of nitrogens with one attached hydrogen (secondary N) is 4. The standard InChI is InChI=1S/C37H40N4O6/c42-34(32(24-28-14-5-1-6-15-28)40-36(44)46-26-30-18-9-3-10-19-30)38-22-13-23-39-35(43)33(25-29-16-7-2-8-17-29)41-37(45)47-27-31-20-11-4-12-21-31/h1-12,14-21,32-33H,13,22-27H2,(H,38,42)(H,39,43)(H,40,44)(H,41,45)/t32-,33-/m0/s1. The number of rotatable bonds is 16. The summed E-state index contributed by atoms with van der Waals surface area (Å²) in [5, 5.41) is 11.0. The predicted octanol–water partition coefficient (Wildman–Crippen LogP) is 4.68. The number of benzene rings is 4. The molecule has 0 unspecified atom stereocenters. The van der Waals surface area contributed by atoms with E-state index in [4.69, 9.17) is 9.47 Å². The average Bonchev–Trinajstić information content (AvgIpc) is 3.10. The van der Waals surface area contributed by atoms with Crippen molar-refractivity contribution in [3.63, 3.8) is 0 Å². The fourth-order valence-corrected chi connectivity index (χ4v) is 4.69. The van der Waals surface area contributed by atoms with Gasteiger partial charge in [-0.2, -0.15) is 0 Å². The van der Waals surface area contributed by atoms with Crippen LogP contribution in [0.2, 0.25) is 0 Å². The molecule has 0 fully saturated rings. The van der Waals surface area contributed by atoms with E-state index in [1.165, 1.54) is 0 Å². The largest absolute Gasteiger partial charge is 0.445 e. The lowest BCUT2D eigenvalue weighted by molar-refractivity contribution is -0.123. The molecule has 0 heterocycles. The van der Waals surface area contributed by atoms with Gasteiger partial charge in [0.25, 0.3) is 0 Å². The summed E-state index contributed by atoms with van der Waals surface area (Å²) < 4.78 is 10.7. The van der Waals surface area contributed by atoms with Gasteiger partial charge in [-0.05, 0) is 28.7 Å². The molecule has 4 rings (SSSR count). The Morgan fingerprint density at radius 3 is 1.13 bits per heavy atom. The number of hydrogen-bond acceptors (Lipinski definition) is 6. The summed E-state index contributed by atoms with van der Waals surface area (Å²) in [4.78, 5) is 51.4. The molecule has 0 bridgehead atoms. The highest BCUT2D eigenvalue weighted by atomic mass is 16.6. The summed E-state index contributed by atoms with van der Waals surface area (Å²) in [6.45, 7) is 0.663. The second kappa shape index (κ2) is 19.0. The first kappa shape index (κ1) is 34.2. The fourth-order valence-electron chi connectivity index (χ4n) is 4.69. The Balaban J connectivity index is 1.25. The highest BCUT2D eigenvalue weighted by Crippen LogP contribution is 2.07. The van der Waals surface area contributed by atoms with E-state index in [0.29, 0.717) is 6.42 Å². The second-order valence-corrected chi connectivity index (χ2v) is 10.8. The van der Waals surface area contributed by atoms with Gasteiger partial charge in [-0.15, -0.1) is 0 Å². The number of carbonyl (C=O) groups is 4. The van der Waals surface area contributed by atoms with Gasteiger partial charge in [0.15, 0.2) is 0 Å². The van der Waals surface area contributed by atoms with Crippen molar-refractivity contribution >= 4 is 24.0 Å². The first-order valence-corrected chi connectivity index (χ1v) is 15.5. The molecular formula is C37H40N4O6. The molecule has 0 aliphatic heterocycles. The summed E-state index contributed by atoms with van der Waals surface area (Å²) in [6.07, 6.45) is -0.425. The van der Waals surface area contributed by atoms with E-state index >= 15 is 0 Å².